The number of ether oxygens (including phenoxy) is 2. The fraction of sp³-hybridized carbons (Fsp3) is 0.400. The van der Waals surface area contributed by atoms with Crippen molar-refractivity contribution in [1.29, 1.82) is 0 Å². The van der Waals surface area contributed by atoms with Gasteiger partial charge in [0.1, 0.15) is 18.2 Å². The van der Waals surface area contributed by atoms with Gasteiger partial charge in [-0.2, -0.15) is 0 Å². The van der Waals surface area contributed by atoms with Gasteiger partial charge in [0.25, 0.3) is 0 Å². The van der Waals surface area contributed by atoms with E-state index < -0.39 is 76.3 Å². The Labute approximate surface area is 365 Å². The predicted octanol–water partition coefficient (Wildman–Crippen LogP) is 6.91. The summed E-state index contributed by atoms with van der Waals surface area (Å²) in [5.74, 6) is -4.40. The van der Waals surface area contributed by atoms with Gasteiger partial charge < -0.3 is 25.0 Å². The second-order valence-corrected chi connectivity index (χ2v) is 18.4. The highest BCUT2D eigenvalue weighted by molar-refractivity contribution is 6.01. The number of likely N-dealkylation sites (N-methyl/N-ethyl adjacent to an activating group) is 1. The van der Waals surface area contributed by atoms with Crippen molar-refractivity contribution in [3.8, 4) is 0 Å². The van der Waals surface area contributed by atoms with Crippen LogP contribution in [0.25, 0.3) is 10.8 Å². The van der Waals surface area contributed by atoms with Crippen molar-refractivity contribution in [3.05, 3.63) is 131 Å². The predicted molar refractivity (Wildman–Crippen MR) is 232 cm³/mol. The minimum atomic E-state index is -2.11. The number of halogens is 1. The third-order valence-corrected chi connectivity index (χ3v) is 14.7. The van der Waals surface area contributed by atoms with E-state index in [1.807, 2.05) is 55.4 Å². The Bertz CT molecular complexity index is 2560. The molecular formula is C50H52FN3O9. The van der Waals surface area contributed by atoms with Crippen LogP contribution in [-0.2, 0) is 30.5 Å². The summed E-state index contributed by atoms with van der Waals surface area (Å²) in [6.07, 6.45) is 7.24. The maximum Gasteiger partial charge on any atom is 0.338 e. The van der Waals surface area contributed by atoms with Crippen LogP contribution in [-0.4, -0.2) is 87.6 Å². The second kappa shape index (κ2) is 16.3. The highest BCUT2D eigenvalue weighted by Crippen LogP contribution is 2.70. The molecule has 4 aliphatic rings. The number of aliphatic hydroxyl groups excluding tert-OH is 1. The van der Waals surface area contributed by atoms with Gasteiger partial charge in [-0.3, -0.25) is 24.3 Å². The number of rotatable bonds is 11. The van der Waals surface area contributed by atoms with Crippen LogP contribution in [0.2, 0.25) is 0 Å². The van der Waals surface area contributed by atoms with Gasteiger partial charge in [-0.15, -0.1) is 0 Å². The average molecular weight is 858 g/mol. The van der Waals surface area contributed by atoms with Crippen molar-refractivity contribution in [2.24, 2.45) is 28.6 Å². The number of alkyl halides is 1. The monoisotopic (exact) mass is 857 g/mol. The lowest BCUT2D eigenvalue weighted by atomic mass is 9.44. The van der Waals surface area contributed by atoms with Crippen molar-refractivity contribution in [3.63, 3.8) is 0 Å². The molecule has 63 heavy (non-hydrogen) atoms. The summed E-state index contributed by atoms with van der Waals surface area (Å²) < 4.78 is 28.5. The molecule has 328 valence electrons. The molecule has 3 saturated carbocycles. The average Bonchev–Trinajstić information content (AvgIpc) is 3.46. The lowest BCUT2D eigenvalue weighted by Crippen LogP contribution is -2.69. The number of allylic oxidation sites excluding steroid dienone is 4. The van der Waals surface area contributed by atoms with E-state index in [9.17, 15) is 34.2 Å². The summed E-state index contributed by atoms with van der Waals surface area (Å²) in [5.41, 5.74) is -3.55. The molecule has 0 bridgehead atoms. The van der Waals surface area contributed by atoms with Crippen LogP contribution in [0.3, 0.4) is 0 Å². The number of ketones is 2. The van der Waals surface area contributed by atoms with Crippen LogP contribution in [0.5, 0.6) is 0 Å². The molecule has 0 spiro atoms. The number of nitrogens with one attached hydrogen (secondary N) is 1. The zero-order valence-electron chi connectivity index (χ0n) is 36.0. The first-order valence-corrected chi connectivity index (χ1v) is 21.3. The summed E-state index contributed by atoms with van der Waals surface area (Å²) >= 11 is 0. The Hall–Kier alpha value is -5.89. The minimum Gasteiger partial charge on any atom is -0.457 e. The number of hydrogen-bond acceptors (Lipinski definition) is 11. The molecule has 8 rings (SSSR count). The van der Waals surface area contributed by atoms with Crippen LogP contribution < -0.4 is 5.32 Å². The summed E-state index contributed by atoms with van der Waals surface area (Å²) in [5, 5.41) is 28.8. The number of esters is 2. The van der Waals surface area contributed by atoms with Gasteiger partial charge in [-0.05, 0) is 130 Å². The number of hydrogen-bond donors (Lipinski definition) is 3. The molecule has 0 saturated heterocycles. The minimum absolute atomic E-state index is 0.0452. The van der Waals surface area contributed by atoms with Gasteiger partial charge >= 0.3 is 11.9 Å². The number of fused-ring (bicyclic) bond motifs is 6. The van der Waals surface area contributed by atoms with Gasteiger partial charge in [-0.1, -0.05) is 55.8 Å². The Balaban J connectivity index is 0.857. The number of amides is 1. The molecule has 1 heterocycles. The first-order chi connectivity index (χ1) is 29.9. The number of pyridine rings is 1. The Morgan fingerprint density at radius 3 is 2.30 bits per heavy atom. The van der Waals surface area contributed by atoms with E-state index in [1.165, 1.54) is 36.4 Å². The highest BCUT2D eigenvalue weighted by atomic mass is 19.1. The van der Waals surface area contributed by atoms with E-state index in [-0.39, 0.29) is 35.8 Å². The Kier molecular flexibility index (Phi) is 11.3. The molecule has 3 aromatic carbocycles. The number of anilines is 1. The quantitative estimate of drug-likeness (QED) is 0.134. The second-order valence-electron chi connectivity index (χ2n) is 18.4. The summed E-state index contributed by atoms with van der Waals surface area (Å²) in [4.78, 5) is 71.6. The third kappa shape index (κ3) is 7.29. The molecule has 13 heteroatoms. The van der Waals surface area contributed by atoms with Gasteiger partial charge in [0.2, 0.25) is 11.7 Å². The van der Waals surface area contributed by atoms with Crippen LogP contribution in [0.4, 0.5) is 10.1 Å². The molecule has 2 unspecified atom stereocenters. The maximum absolute atomic E-state index is 17.5. The zero-order chi connectivity index (χ0) is 45.1. The molecule has 3 N–H and O–H groups in total. The van der Waals surface area contributed by atoms with Gasteiger partial charge in [0, 0.05) is 40.2 Å². The molecule has 9 atom stereocenters. The SMILES string of the molecule is C[C@@H]1CC2[C@@H]3CCC4=CC(=O)C=C[C@]4(C)[C@@]3(F)[C@@H](O)C[C@]2(C)[C@@]1(O)C(=O)COC(=O)c1ccc(C(=O)OCc2ccc(C(C(=O)Nc3ccc4cnccc4c3)N(C)C)cc2)cc1. The number of Topliss-reactive ketones (excluding diaryl/α,β-unsaturated/α-hetero) is 1. The van der Waals surface area contributed by atoms with Crippen molar-refractivity contribution >= 4 is 45.9 Å². The number of aliphatic hydroxyl groups is 2. The van der Waals surface area contributed by atoms with Gasteiger partial charge in [-0.25, -0.2) is 14.0 Å². The topological polar surface area (TPSA) is 172 Å². The summed E-state index contributed by atoms with van der Waals surface area (Å²) in [7, 11) is 3.63. The van der Waals surface area contributed by atoms with Crippen molar-refractivity contribution in [1.82, 2.24) is 9.88 Å². The number of nitrogens with zero attached hydrogens (tertiary/aromatic N) is 2. The molecule has 12 nitrogen and oxygen atoms in total. The first kappa shape index (κ1) is 43.7. The highest BCUT2D eigenvalue weighted by Gasteiger charge is 2.75. The number of carbonyl (C=O) groups excluding carboxylic acids is 5. The van der Waals surface area contributed by atoms with Crippen molar-refractivity contribution in [2.75, 3.05) is 26.0 Å². The molecule has 4 aromatic rings. The first-order valence-electron chi connectivity index (χ1n) is 21.3. The summed E-state index contributed by atoms with van der Waals surface area (Å²) in [6, 6.07) is 19.7. The standard InChI is InChI=1S/C50H52FN3O9/c1-29-22-40-39-17-15-36-24-38(55)18-20-47(36,2)49(39,51)41(56)25-48(40,3)50(29,61)42(57)28-63-46(60)33-12-10-32(11-13-33)45(59)62-27-30-6-8-31(9-7-30)43(54(4)5)44(58)53-37-16-14-35-26-52-21-19-34(35)23-37/h6-14,16,18-21,23-24,26,29,39-41,43,56,61H,15,17,22,25,27-28H2,1-5H3,(H,53,58)/t29-,39+,40?,41+,43?,47+,48+,49+,50+/m1/s1. The van der Waals surface area contributed by atoms with E-state index in [0.717, 1.165) is 16.3 Å². The lowest BCUT2D eigenvalue weighted by Gasteiger charge is -2.62. The third-order valence-electron chi connectivity index (χ3n) is 14.7. The van der Waals surface area contributed by atoms with E-state index in [4.69, 9.17) is 9.47 Å². The molecular weight excluding hydrogens is 806 g/mol. The van der Waals surface area contributed by atoms with E-state index >= 15 is 4.39 Å². The number of aromatic nitrogens is 1. The molecule has 3 fully saturated rings. The van der Waals surface area contributed by atoms with Gasteiger partial charge in [0.05, 0.1) is 17.2 Å². The molecule has 1 amide bonds. The van der Waals surface area contributed by atoms with E-state index in [1.54, 1.807) is 51.4 Å². The number of benzene rings is 3. The van der Waals surface area contributed by atoms with Crippen molar-refractivity contribution in [2.45, 2.75) is 76.5 Å². The maximum atomic E-state index is 17.5. The van der Waals surface area contributed by atoms with Crippen LogP contribution >= 0.6 is 0 Å². The normalized spacial score (nSPS) is 30.1. The zero-order valence-corrected chi connectivity index (χ0v) is 36.0. The number of carbonyl (C=O) groups is 5. The van der Waals surface area contributed by atoms with Crippen molar-refractivity contribution < 1.29 is 48.0 Å². The molecule has 1 aromatic heterocycles. The van der Waals surface area contributed by atoms with Crippen LogP contribution in [0, 0.1) is 28.6 Å². The van der Waals surface area contributed by atoms with Gasteiger partial charge in [0.15, 0.2) is 18.1 Å². The molecule has 0 radical (unpaired) electrons. The summed E-state index contributed by atoms with van der Waals surface area (Å²) in [6.45, 7) is 4.37. The fourth-order valence-electron chi connectivity index (χ4n) is 11.3. The van der Waals surface area contributed by atoms with Crippen LogP contribution in [0.15, 0.2) is 109 Å². The largest absolute Gasteiger partial charge is 0.457 e. The smallest absolute Gasteiger partial charge is 0.338 e. The van der Waals surface area contributed by atoms with E-state index in [2.05, 4.69) is 10.3 Å². The van der Waals surface area contributed by atoms with Crippen LogP contribution in [0.1, 0.15) is 84.3 Å². The fourth-order valence-corrected chi connectivity index (χ4v) is 11.3. The molecule has 4 aliphatic carbocycles. The molecule has 0 aliphatic heterocycles. The van der Waals surface area contributed by atoms with E-state index in [0.29, 0.717) is 36.1 Å². The lowest BCUT2D eigenvalue weighted by molar-refractivity contribution is -0.219. The Morgan fingerprint density at radius 2 is 1.62 bits per heavy atom. The Morgan fingerprint density at radius 1 is 0.937 bits per heavy atom.